The van der Waals surface area contributed by atoms with Crippen molar-refractivity contribution in [3.8, 4) is 0 Å². The molecular formula is C13H23N3S. The molecule has 1 unspecified atom stereocenters. The molecule has 1 fully saturated rings. The van der Waals surface area contributed by atoms with Gasteiger partial charge in [0.15, 0.2) is 0 Å². The Morgan fingerprint density at radius 1 is 1.41 bits per heavy atom. The van der Waals surface area contributed by atoms with E-state index in [9.17, 15) is 0 Å². The molecule has 2 rings (SSSR count). The molecule has 1 aromatic heterocycles. The van der Waals surface area contributed by atoms with Crippen LogP contribution < -0.4 is 5.73 Å². The molecule has 0 radical (unpaired) electrons. The summed E-state index contributed by atoms with van der Waals surface area (Å²) in [6.07, 6.45) is 9.38. The first kappa shape index (κ1) is 13.0. The van der Waals surface area contributed by atoms with E-state index in [1.165, 1.54) is 37.0 Å². The zero-order valence-corrected chi connectivity index (χ0v) is 11.7. The highest BCUT2D eigenvalue weighted by Gasteiger charge is 2.39. The van der Waals surface area contributed by atoms with Gasteiger partial charge in [-0.25, -0.2) is 0 Å². The lowest BCUT2D eigenvalue weighted by atomic mass is 9.74. The van der Waals surface area contributed by atoms with Gasteiger partial charge in [0.25, 0.3) is 0 Å². The summed E-state index contributed by atoms with van der Waals surface area (Å²) in [5.74, 6) is 0. The van der Waals surface area contributed by atoms with E-state index in [0.29, 0.717) is 0 Å². The molecule has 1 aliphatic carbocycles. The molecule has 0 aliphatic heterocycles. The second-order valence-corrected chi connectivity index (χ2v) is 6.31. The molecule has 2 N–H and O–H groups in total. The predicted octanol–water partition coefficient (Wildman–Crippen LogP) is 2.28. The highest BCUT2D eigenvalue weighted by Crippen LogP contribution is 2.35. The van der Waals surface area contributed by atoms with Gasteiger partial charge in [-0.05, 0) is 26.9 Å². The molecule has 0 amide bonds. The lowest BCUT2D eigenvalue weighted by Crippen LogP contribution is -2.59. The van der Waals surface area contributed by atoms with Crippen LogP contribution in [-0.2, 0) is 6.42 Å². The molecule has 0 saturated heterocycles. The van der Waals surface area contributed by atoms with Crippen LogP contribution >= 0.6 is 11.3 Å². The van der Waals surface area contributed by atoms with E-state index in [1.54, 1.807) is 11.3 Å². The van der Waals surface area contributed by atoms with Crippen LogP contribution in [0.25, 0.3) is 0 Å². The molecule has 1 aromatic rings. The number of hydrogen-bond acceptors (Lipinski definition) is 4. The fourth-order valence-electron chi connectivity index (χ4n) is 3.06. The van der Waals surface area contributed by atoms with Crippen molar-refractivity contribution in [2.45, 2.75) is 50.1 Å². The van der Waals surface area contributed by atoms with Crippen LogP contribution in [0.4, 0.5) is 0 Å². The van der Waals surface area contributed by atoms with Crippen molar-refractivity contribution in [3.63, 3.8) is 0 Å². The Morgan fingerprint density at radius 3 is 2.65 bits per heavy atom. The molecule has 1 heterocycles. The van der Waals surface area contributed by atoms with Crippen molar-refractivity contribution in [3.05, 3.63) is 16.6 Å². The highest BCUT2D eigenvalue weighted by molar-refractivity contribution is 7.09. The van der Waals surface area contributed by atoms with Crippen LogP contribution in [0.5, 0.6) is 0 Å². The summed E-state index contributed by atoms with van der Waals surface area (Å²) in [4.78, 5) is 7.81. The minimum Gasteiger partial charge on any atom is -0.326 e. The Balaban J connectivity index is 2.09. The summed E-state index contributed by atoms with van der Waals surface area (Å²) in [6, 6.07) is 0.221. The normalized spacial score (nSPS) is 21.6. The maximum atomic E-state index is 6.51. The van der Waals surface area contributed by atoms with E-state index in [2.05, 4.69) is 24.0 Å². The lowest BCUT2D eigenvalue weighted by molar-refractivity contribution is 0.0718. The molecule has 1 atom stereocenters. The number of nitrogens with two attached hydrogens (primary N) is 1. The molecular weight excluding hydrogens is 230 g/mol. The number of rotatable bonds is 4. The number of thiazole rings is 1. The molecule has 17 heavy (non-hydrogen) atoms. The maximum absolute atomic E-state index is 6.51. The van der Waals surface area contributed by atoms with Gasteiger partial charge < -0.3 is 10.6 Å². The number of aromatic nitrogens is 1. The molecule has 3 nitrogen and oxygen atoms in total. The van der Waals surface area contributed by atoms with Gasteiger partial charge in [0, 0.05) is 29.1 Å². The van der Waals surface area contributed by atoms with Crippen LogP contribution in [-0.4, -0.2) is 35.6 Å². The smallest absolute Gasteiger partial charge is 0.0794 e. The Hall–Kier alpha value is -0.450. The van der Waals surface area contributed by atoms with Gasteiger partial charge in [-0.2, -0.15) is 0 Å². The van der Waals surface area contributed by atoms with Crippen molar-refractivity contribution < 1.29 is 0 Å². The number of nitrogens with zero attached hydrogens (tertiary/aromatic N) is 2. The van der Waals surface area contributed by atoms with Crippen molar-refractivity contribution in [2.75, 3.05) is 14.1 Å². The Bertz CT molecular complexity index is 328. The third kappa shape index (κ3) is 2.69. The largest absolute Gasteiger partial charge is 0.326 e. The van der Waals surface area contributed by atoms with Crippen LogP contribution in [0.15, 0.2) is 11.7 Å². The summed E-state index contributed by atoms with van der Waals surface area (Å²) in [5, 5.41) is 0. The third-order valence-electron chi connectivity index (χ3n) is 4.20. The standard InChI is InChI=1S/C13H23N3S/c1-16(2)13(6-4-3-5-7-13)12(14)8-11-9-15-10-17-11/h9-10,12H,3-8,14H2,1-2H3. The minimum atomic E-state index is 0.197. The average Bonchev–Trinajstić information content (AvgIpc) is 2.82. The van der Waals surface area contributed by atoms with Gasteiger partial charge in [0.05, 0.1) is 5.51 Å². The van der Waals surface area contributed by atoms with Crippen molar-refractivity contribution in [2.24, 2.45) is 5.73 Å². The first-order valence-corrected chi connectivity index (χ1v) is 7.33. The summed E-state index contributed by atoms with van der Waals surface area (Å²) in [7, 11) is 4.36. The van der Waals surface area contributed by atoms with Gasteiger partial charge in [0.2, 0.25) is 0 Å². The van der Waals surface area contributed by atoms with E-state index in [1.807, 2.05) is 11.7 Å². The van der Waals surface area contributed by atoms with E-state index >= 15 is 0 Å². The fraction of sp³-hybridized carbons (Fsp3) is 0.769. The molecule has 96 valence electrons. The fourth-order valence-corrected chi connectivity index (χ4v) is 3.72. The van der Waals surface area contributed by atoms with Crippen molar-refractivity contribution in [1.29, 1.82) is 0 Å². The number of hydrogen-bond donors (Lipinski definition) is 1. The summed E-state index contributed by atoms with van der Waals surface area (Å²) < 4.78 is 0. The minimum absolute atomic E-state index is 0.197. The van der Waals surface area contributed by atoms with E-state index in [-0.39, 0.29) is 11.6 Å². The van der Waals surface area contributed by atoms with Gasteiger partial charge in [0.1, 0.15) is 0 Å². The quantitative estimate of drug-likeness (QED) is 0.895. The Morgan fingerprint density at radius 2 is 2.12 bits per heavy atom. The second-order valence-electron chi connectivity index (χ2n) is 5.34. The summed E-state index contributed by atoms with van der Waals surface area (Å²) in [5.41, 5.74) is 8.60. The summed E-state index contributed by atoms with van der Waals surface area (Å²) >= 11 is 1.72. The molecule has 0 spiro atoms. The van der Waals surface area contributed by atoms with E-state index in [4.69, 9.17) is 5.73 Å². The van der Waals surface area contributed by atoms with Crippen LogP contribution in [0.2, 0.25) is 0 Å². The zero-order valence-electron chi connectivity index (χ0n) is 10.9. The molecule has 0 bridgehead atoms. The second kappa shape index (κ2) is 5.46. The SMILES string of the molecule is CN(C)C1(C(N)Cc2cncs2)CCCCC1. The maximum Gasteiger partial charge on any atom is 0.0794 e. The Kier molecular flexibility index (Phi) is 4.17. The first-order valence-electron chi connectivity index (χ1n) is 6.45. The van der Waals surface area contributed by atoms with Crippen molar-refractivity contribution >= 4 is 11.3 Å². The summed E-state index contributed by atoms with van der Waals surface area (Å²) in [6.45, 7) is 0. The topological polar surface area (TPSA) is 42.1 Å². The Labute approximate surface area is 108 Å². The first-order chi connectivity index (χ1) is 8.15. The van der Waals surface area contributed by atoms with Crippen molar-refractivity contribution in [1.82, 2.24) is 9.88 Å². The predicted molar refractivity (Wildman–Crippen MR) is 73.3 cm³/mol. The van der Waals surface area contributed by atoms with Crippen LogP contribution in [0.1, 0.15) is 37.0 Å². The van der Waals surface area contributed by atoms with Crippen LogP contribution in [0, 0.1) is 0 Å². The molecule has 4 heteroatoms. The highest BCUT2D eigenvalue weighted by atomic mass is 32.1. The molecule has 0 aromatic carbocycles. The molecule has 1 saturated carbocycles. The van der Waals surface area contributed by atoms with Gasteiger partial charge in [-0.3, -0.25) is 4.98 Å². The zero-order chi connectivity index (χ0) is 12.3. The molecule has 1 aliphatic rings. The van der Waals surface area contributed by atoms with Gasteiger partial charge >= 0.3 is 0 Å². The van der Waals surface area contributed by atoms with Gasteiger partial charge in [-0.15, -0.1) is 11.3 Å². The van der Waals surface area contributed by atoms with E-state index < -0.39 is 0 Å². The third-order valence-corrected chi connectivity index (χ3v) is 5.01. The van der Waals surface area contributed by atoms with E-state index in [0.717, 1.165) is 6.42 Å². The van der Waals surface area contributed by atoms with Crippen LogP contribution in [0.3, 0.4) is 0 Å². The number of likely N-dealkylation sites (N-methyl/N-ethyl adjacent to an activating group) is 1. The lowest BCUT2D eigenvalue weighted by Gasteiger charge is -2.47. The van der Waals surface area contributed by atoms with Gasteiger partial charge in [-0.1, -0.05) is 19.3 Å². The average molecular weight is 253 g/mol. The monoisotopic (exact) mass is 253 g/mol.